The maximum Gasteiger partial charge on any atom is 0.116 e. The number of ether oxygens (including phenoxy) is 5. The summed E-state index contributed by atoms with van der Waals surface area (Å²) in [5.41, 5.74) is 2.01. The Morgan fingerprint density at radius 1 is 0.543 bits per heavy atom. The van der Waals surface area contributed by atoms with Gasteiger partial charge in [-0.05, 0) is 11.1 Å². The largest absolute Gasteiger partial charge is 0.387 e. The van der Waals surface area contributed by atoms with Crippen LogP contribution in [0.25, 0.3) is 0 Å². The Kier molecular flexibility index (Phi) is 11.4. The molecule has 0 heterocycles. The van der Waals surface area contributed by atoms with E-state index in [-0.39, 0.29) is 19.8 Å². The summed E-state index contributed by atoms with van der Waals surface area (Å²) in [5.74, 6) is 0. The number of rotatable bonds is 15. The third kappa shape index (κ3) is 7.70. The van der Waals surface area contributed by atoms with E-state index in [0.29, 0.717) is 13.2 Å². The van der Waals surface area contributed by atoms with Crippen molar-refractivity contribution < 1.29 is 28.8 Å². The molecule has 6 heteroatoms. The Morgan fingerprint density at radius 3 is 1.29 bits per heavy atom. The molecule has 0 spiro atoms. The van der Waals surface area contributed by atoms with Crippen molar-refractivity contribution in [2.24, 2.45) is 0 Å². The van der Waals surface area contributed by atoms with Crippen LogP contribution >= 0.6 is 0 Å². The Balaban J connectivity index is 1.93. The first-order valence-electron chi connectivity index (χ1n) is 11.9. The SMILES string of the molecule is C=CCO[C@H]1[C@@H](OCc2ccccc2)[C@@H](OCc2ccccc2)[C@H](OCC=C)[C@@H](O)[C@@H]1OCC=C. The van der Waals surface area contributed by atoms with Gasteiger partial charge in [-0.3, -0.25) is 0 Å². The Hall–Kier alpha value is -2.58. The number of benzene rings is 2. The molecule has 6 atom stereocenters. The number of hydrogen-bond acceptors (Lipinski definition) is 6. The Morgan fingerprint density at radius 2 is 0.886 bits per heavy atom. The zero-order valence-corrected chi connectivity index (χ0v) is 20.1. The predicted octanol–water partition coefficient (Wildman–Crippen LogP) is 4.25. The van der Waals surface area contributed by atoms with Crippen LogP contribution in [0, 0.1) is 0 Å². The van der Waals surface area contributed by atoms with Crippen LogP contribution in [-0.4, -0.2) is 61.6 Å². The maximum absolute atomic E-state index is 11.4. The van der Waals surface area contributed by atoms with Gasteiger partial charge in [0.05, 0.1) is 33.0 Å². The highest BCUT2D eigenvalue weighted by atomic mass is 16.6. The standard InChI is InChI=1S/C29H36O6/c1-4-17-31-25-24(30)26(32-18-5-2)28(34-20-22-13-9-7-10-14-22)29(27(25)33-19-6-3)35-21-23-15-11-8-12-16-23/h4-16,24-30H,1-3,17-21H2/t24-,25-,26+,27+,28-,29+/m0/s1. The summed E-state index contributed by atoms with van der Waals surface area (Å²) in [6.45, 7) is 12.7. The molecule has 0 amide bonds. The summed E-state index contributed by atoms with van der Waals surface area (Å²) in [7, 11) is 0. The van der Waals surface area contributed by atoms with Gasteiger partial charge in [0.25, 0.3) is 0 Å². The van der Waals surface area contributed by atoms with Gasteiger partial charge in [0.1, 0.15) is 36.6 Å². The molecule has 1 aliphatic rings. The van der Waals surface area contributed by atoms with Gasteiger partial charge in [-0.2, -0.15) is 0 Å². The highest BCUT2D eigenvalue weighted by Gasteiger charge is 2.53. The van der Waals surface area contributed by atoms with E-state index in [1.54, 1.807) is 18.2 Å². The maximum atomic E-state index is 11.4. The highest BCUT2D eigenvalue weighted by molar-refractivity contribution is 5.15. The van der Waals surface area contributed by atoms with Crippen molar-refractivity contribution in [2.45, 2.75) is 49.8 Å². The summed E-state index contributed by atoms with van der Waals surface area (Å²) in [5, 5.41) is 11.4. The summed E-state index contributed by atoms with van der Waals surface area (Å²) >= 11 is 0. The van der Waals surface area contributed by atoms with Gasteiger partial charge in [0, 0.05) is 0 Å². The minimum Gasteiger partial charge on any atom is -0.387 e. The average Bonchev–Trinajstić information content (AvgIpc) is 2.90. The molecule has 0 radical (unpaired) electrons. The van der Waals surface area contributed by atoms with E-state index in [9.17, 15) is 5.11 Å². The fraction of sp³-hybridized carbons (Fsp3) is 0.379. The van der Waals surface area contributed by atoms with Crippen molar-refractivity contribution in [3.8, 4) is 0 Å². The smallest absolute Gasteiger partial charge is 0.116 e. The molecule has 0 saturated heterocycles. The molecule has 1 N–H and O–H groups in total. The van der Waals surface area contributed by atoms with E-state index in [2.05, 4.69) is 19.7 Å². The lowest BCUT2D eigenvalue weighted by Gasteiger charge is -2.48. The van der Waals surface area contributed by atoms with Crippen LogP contribution in [-0.2, 0) is 36.9 Å². The van der Waals surface area contributed by atoms with Gasteiger partial charge in [-0.25, -0.2) is 0 Å². The normalized spacial score (nSPS) is 26.2. The zero-order valence-electron chi connectivity index (χ0n) is 20.1. The molecule has 2 aromatic rings. The Bertz CT molecular complexity index is 887. The molecule has 0 unspecified atom stereocenters. The van der Waals surface area contributed by atoms with E-state index in [1.165, 1.54) is 0 Å². The molecular weight excluding hydrogens is 444 g/mol. The quantitative estimate of drug-likeness (QED) is 0.385. The monoisotopic (exact) mass is 480 g/mol. The topological polar surface area (TPSA) is 66.4 Å². The van der Waals surface area contributed by atoms with Crippen molar-refractivity contribution in [3.63, 3.8) is 0 Å². The van der Waals surface area contributed by atoms with Gasteiger partial charge < -0.3 is 28.8 Å². The lowest BCUT2D eigenvalue weighted by Crippen LogP contribution is -2.67. The Labute approximate surface area is 208 Å². The van der Waals surface area contributed by atoms with Gasteiger partial charge in [-0.15, -0.1) is 19.7 Å². The summed E-state index contributed by atoms with van der Waals surface area (Å²) in [6, 6.07) is 19.7. The zero-order chi connectivity index (χ0) is 24.9. The third-order valence-corrected chi connectivity index (χ3v) is 5.76. The van der Waals surface area contributed by atoms with E-state index in [0.717, 1.165) is 11.1 Å². The molecule has 0 bridgehead atoms. The van der Waals surface area contributed by atoms with Crippen molar-refractivity contribution in [2.75, 3.05) is 19.8 Å². The van der Waals surface area contributed by atoms with Crippen LogP contribution in [0.5, 0.6) is 0 Å². The summed E-state index contributed by atoms with van der Waals surface area (Å²) in [6.07, 6.45) is 0.606. The second-order valence-corrected chi connectivity index (χ2v) is 8.27. The lowest BCUT2D eigenvalue weighted by atomic mass is 9.83. The van der Waals surface area contributed by atoms with Crippen molar-refractivity contribution in [1.82, 2.24) is 0 Å². The van der Waals surface area contributed by atoms with Crippen molar-refractivity contribution in [1.29, 1.82) is 0 Å². The van der Waals surface area contributed by atoms with Gasteiger partial charge in [-0.1, -0.05) is 78.9 Å². The third-order valence-electron chi connectivity index (χ3n) is 5.76. The van der Waals surface area contributed by atoms with Crippen LogP contribution in [0.2, 0.25) is 0 Å². The number of aliphatic hydroxyl groups excluding tert-OH is 1. The molecule has 1 aliphatic carbocycles. The van der Waals surface area contributed by atoms with E-state index >= 15 is 0 Å². The molecule has 1 saturated carbocycles. The molecule has 0 aromatic heterocycles. The number of hydrogen-bond donors (Lipinski definition) is 1. The first-order valence-corrected chi connectivity index (χ1v) is 11.9. The first-order chi connectivity index (χ1) is 17.2. The predicted molar refractivity (Wildman–Crippen MR) is 136 cm³/mol. The second-order valence-electron chi connectivity index (χ2n) is 8.27. The van der Waals surface area contributed by atoms with E-state index in [1.807, 2.05) is 60.7 Å². The van der Waals surface area contributed by atoms with Gasteiger partial charge >= 0.3 is 0 Å². The molecule has 0 aliphatic heterocycles. The molecule has 3 rings (SSSR count). The minimum absolute atomic E-state index is 0.241. The number of aliphatic hydroxyl groups is 1. The van der Waals surface area contributed by atoms with E-state index in [4.69, 9.17) is 23.7 Å². The van der Waals surface area contributed by atoms with Crippen LogP contribution in [0.1, 0.15) is 11.1 Å². The van der Waals surface area contributed by atoms with Crippen LogP contribution in [0.15, 0.2) is 98.6 Å². The molecule has 2 aromatic carbocycles. The van der Waals surface area contributed by atoms with Crippen LogP contribution in [0.4, 0.5) is 0 Å². The fourth-order valence-corrected chi connectivity index (χ4v) is 4.16. The van der Waals surface area contributed by atoms with Crippen molar-refractivity contribution >= 4 is 0 Å². The first kappa shape index (κ1) is 27.0. The molecule has 35 heavy (non-hydrogen) atoms. The van der Waals surface area contributed by atoms with Crippen molar-refractivity contribution in [3.05, 3.63) is 110 Å². The molecule has 188 valence electrons. The second kappa shape index (κ2) is 14.7. The summed E-state index contributed by atoms with van der Waals surface area (Å²) in [4.78, 5) is 0. The summed E-state index contributed by atoms with van der Waals surface area (Å²) < 4.78 is 31.0. The van der Waals surface area contributed by atoms with Gasteiger partial charge in [0.2, 0.25) is 0 Å². The van der Waals surface area contributed by atoms with Gasteiger partial charge in [0.15, 0.2) is 0 Å². The highest BCUT2D eigenvalue weighted by Crippen LogP contribution is 2.33. The average molecular weight is 481 g/mol. The molecule has 1 fully saturated rings. The fourth-order valence-electron chi connectivity index (χ4n) is 4.16. The minimum atomic E-state index is -1.03. The van der Waals surface area contributed by atoms with E-state index < -0.39 is 36.6 Å². The van der Waals surface area contributed by atoms with Crippen LogP contribution in [0.3, 0.4) is 0 Å². The van der Waals surface area contributed by atoms with Crippen LogP contribution < -0.4 is 0 Å². The molecular formula is C29H36O6. The molecule has 6 nitrogen and oxygen atoms in total. The lowest BCUT2D eigenvalue weighted by molar-refractivity contribution is -0.273.